The van der Waals surface area contributed by atoms with Crippen LogP contribution in [0.2, 0.25) is 0 Å². The average Bonchev–Trinajstić information content (AvgIpc) is 2.56. The second kappa shape index (κ2) is 3.96. The van der Waals surface area contributed by atoms with E-state index in [2.05, 4.69) is 0 Å². The number of aliphatic carboxylic acids is 1. The number of carboxylic acid groups (broad SMARTS) is 1. The van der Waals surface area contributed by atoms with Crippen LogP contribution in [0.15, 0.2) is 23.0 Å². The van der Waals surface area contributed by atoms with E-state index in [1.807, 2.05) is 26.0 Å². The van der Waals surface area contributed by atoms with Gasteiger partial charge in [0.25, 0.3) is 0 Å². The third kappa shape index (κ3) is 1.85. The smallest absolute Gasteiger partial charge is 0.352 e. The number of aryl methyl sites for hydroxylation is 2. The zero-order valence-corrected chi connectivity index (χ0v) is 10.5. The van der Waals surface area contributed by atoms with E-state index in [-0.39, 0.29) is 10.9 Å². The average molecular weight is 254 g/mol. The molecule has 0 aliphatic carbocycles. The molecule has 1 aromatic rings. The third-order valence-corrected chi connectivity index (χ3v) is 3.15. The number of nitrogens with zero attached hydrogens (tertiary/aromatic N) is 1. The summed E-state index contributed by atoms with van der Waals surface area (Å²) in [6, 6.07) is 3.82. The van der Waals surface area contributed by atoms with E-state index in [0.29, 0.717) is 5.75 Å². The van der Waals surface area contributed by atoms with Crippen LogP contribution in [0.1, 0.15) is 11.1 Å². The largest absolute Gasteiger partial charge is 0.477 e. The number of hydrogen-bond acceptors (Lipinski definition) is 3. The summed E-state index contributed by atoms with van der Waals surface area (Å²) in [5, 5.41) is 8.53. The minimum atomic E-state index is -1.20. The molecule has 1 aliphatic heterocycles. The Bertz CT molecular complexity index is 537. The predicted molar refractivity (Wildman–Crippen MR) is 65.5 cm³/mol. The van der Waals surface area contributed by atoms with Gasteiger partial charge in [0.1, 0.15) is 0 Å². The first-order chi connectivity index (χ1) is 7.91. The highest BCUT2D eigenvalue weighted by atomic mass is 35.5. The Balaban J connectivity index is 2.53. The van der Waals surface area contributed by atoms with Gasteiger partial charge in [-0.2, -0.15) is 0 Å². The minimum absolute atomic E-state index is 0.152. The van der Waals surface area contributed by atoms with E-state index in [1.54, 1.807) is 11.9 Å². The molecule has 1 heterocycles. The van der Waals surface area contributed by atoms with Crippen LogP contribution in [0.5, 0.6) is 5.75 Å². The maximum Gasteiger partial charge on any atom is 0.352 e. The molecule has 0 bridgehead atoms. The Hall–Kier alpha value is -1.68. The summed E-state index contributed by atoms with van der Waals surface area (Å²) in [4.78, 5) is 12.5. The molecule has 1 aromatic carbocycles. The highest BCUT2D eigenvalue weighted by molar-refractivity contribution is 6.41. The molecule has 17 heavy (non-hydrogen) atoms. The Morgan fingerprint density at radius 1 is 1.35 bits per heavy atom. The second-order valence-electron chi connectivity index (χ2n) is 3.99. The molecule has 0 spiro atoms. The number of anilines is 1. The maximum absolute atomic E-state index is 10.8. The van der Waals surface area contributed by atoms with Crippen molar-refractivity contribution in [3.05, 3.63) is 34.2 Å². The lowest BCUT2D eigenvalue weighted by Gasteiger charge is -2.12. The second-order valence-corrected chi connectivity index (χ2v) is 4.37. The summed E-state index contributed by atoms with van der Waals surface area (Å²) in [5.41, 5.74) is 3.03. The molecule has 0 unspecified atom stereocenters. The van der Waals surface area contributed by atoms with Gasteiger partial charge >= 0.3 is 5.97 Å². The molecule has 5 heteroatoms. The van der Waals surface area contributed by atoms with Gasteiger partial charge in [0.15, 0.2) is 10.8 Å². The van der Waals surface area contributed by atoms with Crippen LogP contribution < -0.4 is 9.64 Å². The lowest BCUT2D eigenvalue weighted by molar-refractivity contribution is -0.132. The summed E-state index contributed by atoms with van der Waals surface area (Å²) in [7, 11) is 1.72. The van der Waals surface area contributed by atoms with Gasteiger partial charge in [-0.25, -0.2) is 4.79 Å². The first kappa shape index (κ1) is 11.8. The first-order valence-electron chi connectivity index (χ1n) is 5.07. The normalized spacial score (nSPS) is 16.6. The van der Waals surface area contributed by atoms with Crippen LogP contribution in [-0.2, 0) is 4.79 Å². The Morgan fingerprint density at radius 2 is 1.94 bits per heavy atom. The van der Waals surface area contributed by atoms with Crippen molar-refractivity contribution in [2.45, 2.75) is 13.8 Å². The number of rotatable bonds is 1. The van der Waals surface area contributed by atoms with Gasteiger partial charge in [-0.1, -0.05) is 11.6 Å². The van der Waals surface area contributed by atoms with E-state index in [0.717, 1.165) is 16.8 Å². The summed E-state index contributed by atoms with van der Waals surface area (Å²) < 4.78 is 5.47. The molecular weight excluding hydrogens is 242 g/mol. The molecule has 1 aliphatic rings. The molecule has 2 rings (SSSR count). The van der Waals surface area contributed by atoms with E-state index >= 15 is 0 Å². The molecule has 0 atom stereocenters. The minimum Gasteiger partial charge on any atom is -0.477 e. The van der Waals surface area contributed by atoms with Crippen molar-refractivity contribution >= 4 is 23.3 Å². The van der Waals surface area contributed by atoms with Crippen molar-refractivity contribution in [2.24, 2.45) is 0 Å². The van der Waals surface area contributed by atoms with Crippen LogP contribution in [0, 0.1) is 13.8 Å². The Labute approximate surface area is 104 Å². The van der Waals surface area contributed by atoms with Gasteiger partial charge in [0, 0.05) is 7.05 Å². The van der Waals surface area contributed by atoms with E-state index < -0.39 is 5.97 Å². The van der Waals surface area contributed by atoms with Gasteiger partial charge in [0.05, 0.1) is 5.69 Å². The Kier molecular flexibility index (Phi) is 2.75. The molecule has 0 saturated heterocycles. The van der Waals surface area contributed by atoms with Crippen molar-refractivity contribution in [3.63, 3.8) is 0 Å². The summed E-state index contributed by atoms with van der Waals surface area (Å²) >= 11 is 5.70. The van der Waals surface area contributed by atoms with Crippen LogP contribution in [0.25, 0.3) is 0 Å². The molecule has 4 nitrogen and oxygen atoms in total. The number of halogens is 1. The van der Waals surface area contributed by atoms with Crippen molar-refractivity contribution in [1.82, 2.24) is 0 Å². The van der Waals surface area contributed by atoms with Crippen LogP contribution >= 0.6 is 11.6 Å². The van der Waals surface area contributed by atoms with Crippen molar-refractivity contribution < 1.29 is 14.6 Å². The zero-order valence-electron chi connectivity index (χ0n) is 9.74. The van der Waals surface area contributed by atoms with Gasteiger partial charge in [-0.15, -0.1) is 0 Å². The zero-order chi connectivity index (χ0) is 12.7. The molecule has 0 aromatic heterocycles. The van der Waals surface area contributed by atoms with E-state index in [9.17, 15) is 4.79 Å². The summed E-state index contributed by atoms with van der Waals surface area (Å²) in [6.45, 7) is 3.96. The number of benzene rings is 1. The molecule has 0 amide bonds. The van der Waals surface area contributed by atoms with Crippen molar-refractivity contribution in [3.8, 4) is 5.75 Å². The lowest BCUT2D eigenvalue weighted by atomic mass is 10.1. The Morgan fingerprint density at radius 3 is 2.53 bits per heavy atom. The topological polar surface area (TPSA) is 49.8 Å². The van der Waals surface area contributed by atoms with Crippen LogP contribution in [0.4, 0.5) is 5.69 Å². The standard InChI is InChI=1S/C12H12ClNO3/c1-6-4-8-9(5-7(6)2)17-11(14(8)3)10(13)12(15)16/h4-5H,1-3H3,(H,15,16). The van der Waals surface area contributed by atoms with Gasteiger partial charge in [-0.05, 0) is 37.1 Å². The fourth-order valence-corrected chi connectivity index (χ4v) is 1.85. The predicted octanol–water partition coefficient (Wildman–Crippen LogP) is 2.62. The van der Waals surface area contributed by atoms with Crippen molar-refractivity contribution in [2.75, 3.05) is 11.9 Å². The number of carbonyl (C=O) groups is 1. The molecule has 0 saturated carbocycles. The first-order valence-corrected chi connectivity index (χ1v) is 5.45. The number of ether oxygens (including phenoxy) is 1. The van der Waals surface area contributed by atoms with E-state index in [4.69, 9.17) is 21.4 Å². The van der Waals surface area contributed by atoms with Gasteiger partial charge in [0.2, 0.25) is 5.88 Å². The molecule has 90 valence electrons. The van der Waals surface area contributed by atoms with Crippen LogP contribution in [-0.4, -0.2) is 18.1 Å². The monoisotopic (exact) mass is 253 g/mol. The fourth-order valence-electron chi connectivity index (χ4n) is 1.68. The quantitative estimate of drug-likeness (QED) is 0.782. The molecule has 0 radical (unpaired) electrons. The summed E-state index contributed by atoms with van der Waals surface area (Å²) in [6.07, 6.45) is 0. The lowest BCUT2D eigenvalue weighted by Crippen LogP contribution is -2.17. The molecule has 0 fully saturated rings. The third-order valence-electron chi connectivity index (χ3n) is 2.82. The van der Waals surface area contributed by atoms with Gasteiger partial charge < -0.3 is 14.7 Å². The maximum atomic E-state index is 10.8. The fraction of sp³-hybridized carbons (Fsp3) is 0.250. The number of carboxylic acids is 1. The SMILES string of the molecule is Cc1cc2c(cc1C)N(C)C(=C(Cl)C(=O)O)O2. The number of fused-ring (bicyclic) bond motifs is 1. The van der Waals surface area contributed by atoms with E-state index in [1.165, 1.54) is 0 Å². The molecular formula is C12H12ClNO3. The highest BCUT2D eigenvalue weighted by Crippen LogP contribution is 2.41. The van der Waals surface area contributed by atoms with Gasteiger partial charge in [-0.3, -0.25) is 0 Å². The van der Waals surface area contributed by atoms with Crippen LogP contribution in [0.3, 0.4) is 0 Å². The summed E-state index contributed by atoms with van der Waals surface area (Å²) in [5.74, 6) is -0.418. The highest BCUT2D eigenvalue weighted by Gasteiger charge is 2.28. The van der Waals surface area contributed by atoms with Crippen molar-refractivity contribution in [1.29, 1.82) is 0 Å². The number of hydrogen-bond donors (Lipinski definition) is 1. The molecule has 1 N–H and O–H groups in total.